The Kier molecular flexibility index (Phi) is 3.11. The Hall–Kier alpha value is -2.98. The lowest BCUT2D eigenvalue weighted by molar-refractivity contribution is -0.118. The van der Waals surface area contributed by atoms with Crippen molar-refractivity contribution in [1.82, 2.24) is 10.2 Å². The lowest BCUT2D eigenvalue weighted by Crippen LogP contribution is -2.42. The van der Waals surface area contributed by atoms with Crippen LogP contribution in [0.25, 0.3) is 0 Å². The lowest BCUT2D eigenvalue weighted by Gasteiger charge is -2.32. The van der Waals surface area contributed by atoms with Gasteiger partial charge in [-0.2, -0.15) is 5.26 Å². The number of carbonyl (C=O) groups excluding carboxylic acids is 1. The number of H-pyrrole nitrogens is 1. The van der Waals surface area contributed by atoms with Crippen LogP contribution in [0.2, 0.25) is 5.02 Å². The van der Waals surface area contributed by atoms with Crippen molar-refractivity contribution in [2.75, 3.05) is 5.32 Å². The molecule has 0 aliphatic carbocycles. The monoisotopic (exact) mass is 355 g/mol. The number of nitriles is 1. The summed E-state index contributed by atoms with van der Waals surface area (Å²) in [5.41, 5.74) is 6.93. The average Bonchev–Trinajstić information content (AvgIpc) is 3.09. The van der Waals surface area contributed by atoms with Crippen molar-refractivity contribution in [3.63, 3.8) is 0 Å². The van der Waals surface area contributed by atoms with Gasteiger partial charge in [-0.1, -0.05) is 25.4 Å². The minimum Gasteiger partial charge on any atom is -0.420 e. The number of aromatic amines is 1. The van der Waals surface area contributed by atoms with Crippen LogP contribution in [0.4, 0.5) is 5.69 Å². The predicted molar refractivity (Wildman–Crippen MR) is 91.0 cm³/mol. The number of amides is 1. The maximum atomic E-state index is 13.2. The van der Waals surface area contributed by atoms with Crippen LogP contribution in [-0.4, -0.2) is 16.1 Å². The van der Waals surface area contributed by atoms with Gasteiger partial charge in [0.25, 0.3) is 0 Å². The van der Waals surface area contributed by atoms with E-state index in [0.29, 0.717) is 27.5 Å². The second-order valence-electron chi connectivity index (χ2n) is 6.32. The minimum atomic E-state index is -1.43. The Balaban J connectivity index is 2.17. The molecule has 25 heavy (non-hydrogen) atoms. The number of nitrogens with zero attached hydrogens (tertiary/aromatic N) is 2. The van der Waals surface area contributed by atoms with Crippen LogP contribution in [0.1, 0.15) is 36.6 Å². The van der Waals surface area contributed by atoms with Crippen LogP contribution in [0.3, 0.4) is 0 Å². The highest BCUT2D eigenvalue weighted by atomic mass is 35.5. The van der Waals surface area contributed by atoms with Crippen LogP contribution in [0.15, 0.2) is 29.7 Å². The summed E-state index contributed by atoms with van der Waals surface area (Å²) in [7, 11) is 0. The topological polar surface area (TPSA) is 117 Å². The largest absolute Gasteiger partial charge is 0.420 e. The van der Waals surface area contributed by atoms with Gasteiger partial charge in [-0.15, -0.1) is 5.10 Å². The molecule has 1 atom stereocenters. The number of anilines is 1. The molecule has 4 rings (SSSR count). The molecule has 8 heteroatoms. The Bertz CT molecular complexity index is 1000. The van der Waals surface area contributed by atoms with Gasteiger partial charge in [0.1, 0.15) is 17.1 Å². The first-order valence-electron chi connectivity index (χ1n) is 7.69. The molecule has 0 radical (unpaired) electrons. The first-order chi connectivity index (χ1) is 11.9. The summed E-state index contributed by atoms with van der Waals surface area (Å²) >= 11 is 6.18. The molecule has 2 aromatic rings. The number of fused-ring (bicyclic) bond motifs is 4. The van der Waals surface area contributed by atoms with E-state index in [9.17, 15) is 10.1 Å². The molecular weight excluding hydrogens is 342 g/mol. The number of ether oxygens (including phenoxy) is 1. The highest BCUT2D eigenvalue weighted by Crippen LogP contribution is 2.54. The minimum absolute atomic E-state index is 0.0204. The van der Waals surface area contributed by atoms with E-state index >= 15 is 0 Å². The molecule has 0 unspecified atom stereocenters. The van der Waals surface area contributed by atoms with E-state index in [0.717, 1.165) is 0 Å². The first-order valence-corrected chi connectivity index (χ1v) is 8.07. The van der Waals surface area contributed by atoms with Gasteiger partial charge < -0.3 is 15.8 Å². The van der Waals surface area contributed by atoms with Crippen LogP contribution < -0.4 is 15.8 Å². The Morgan fingerprint density at radius 3 is 2.88 bits per heavy atom. The van der Waals surface area contributed by atoms with Crippen molar-refractivity contribution >= 4 is 23.2 Å². The van der Waals surface area contributed by atoms with Gasteiger partial charge in [-0.25, -0.2) is 0 Å². The van der Waals surface area contributed by atoms with Gasteiger partial charge in [-0.05, 0) is 24.1 Å². The number of hydrogen-bond donors (Lipinski definition) is 3. The molecule has 1 spiro atoms. The molecular formula is C17H14ClN5O2. The average molecular weight is 356 g/mol. The standard InChI is InChI=1S/C17H14ClN5O2/c1-7(2)13-12-15(23-22-13)25-14(20)10(6-19)17(12)9-5-8(18)3-4-11(9)21-16(17)24/h3-5,7H,20H2,1-2H3,(H,21,24)(H,22,23)/t17-/m0/s1. The number of aromatic nitrogens is 2. The van der Waals surface area contributed by atoms with Gasteiger partial charge in [0.05, 0.1) is 5.56 Å². The van der Waals surface area contributed by atoms with Gasteiger partial charge in [0.2, 0.25) is 17.7 Å². The molecule has 0 saturated carbocycles. The summed E-state index contributed by atoms with van der Waals surface area (Å²) in [6.45, 7) is 3.92. The zero-order valence-corrected chi connectivity index (χ0v) is 14.2. The number of rotatable bonds is 1. The first kappa shape index (κ1) is 15.5. The third-order valence-electron chi connectivity index (χ3n) is 4.63. The second kappa shape index (κ2) is 5.01. The predicted octanol–water partition coefficient (Wildman–Crippen LogP) is 2.51. The molecule has 1 amide bonds. The smallest absolute Gasteiger partial charge is 0.245 e. The maximum absolute atomic E-state index is 13.2. The van der Waals surface area contributed by atoms with E-state index in [1.165, 1.54) is 0 Å². The summed E-state index contributed by atoms with van der Waals surface area (Å²) < 4.78 is 5.53. The third-order valence-corrected chi connectivity index (χ3v) is 4.86. The fourth-order valence-corrected chi connectivity index (χ4v) is 3.74. The number of carbonyl (C=O) groups is 1. The summed E-state index contributed by atoms with van der Waals surface area (Å²) in [6.07, 6.45) is 0. The summed E-state index contributed by atoms with van der Waals surface area (Å²) in [5, 5.41) is 20.1. The van der Waals surface area contributed by atoms with Crippen molar-refractivity contribution in [3.05, 3.63) is 51.5 Å². The second-order valence-corrected chi connectivity index (χ2v) is 6.76. The van der Waals surface area contributed by atoms with Crippen LogP contribution in [-0.2, 0) is 10.2 Å². The normalized spacial score (nSPS) is 21.0. The van der Waals surface area contributed by atoms with Crippen molar-refractivity contribution < 1.29 is 9.53 Å². The zero-order chi connectivity index (χ0) is 17.9. The molecule has 0 fully saturated rings. The molecule has 2 aliphatic heterocycles. The molecule has 126 valence electrons. The molecule has 1 aromatic heterocycles. The molecule has 4 N–H and O–H groups in total. The number of halogens is 1. The van der Waals surface area contributed by atoms with Crippen LogP contribution in [0, 0.1) is 11.3 Å². The fraction of sp³-hybridized carbons (Fsp3) is 0.235. The Morgan fingerprint density at radius 2 is 2.20 bits per heavy atom. The zero-order valence-electron chi connectivity index (χ0n) is 13.5. The summed E-state index contributed by atoms with van der Waals surface area (Å²) in [6, 6.07) is 7.12. The number of nitrogens with one attached hydrogen (secondary N) is 2. The number of benzene rings is 1. The van der Waals surface area contributed by atoms with Crippen molar-refractivity contribution in [2.24, 2.45) is 5.73 Å². The molecule has 1 aromatic carbocycles. The molecule has 0 bridgehead atoms. The van der Waals surface area contributed by atoms with Gasteiger partial charge in [0.15, 0.2) is 0 Å². The van der Waals surface area contributed by atoms with Gasteiger partial charge >= 0.3 is 0 Å². The quantitative estimate of drug-likeness (QED) is 0.726. The summed E-state index contributed by atoms with van der Waals surface area (Å²) in [4.78, 5) is 13.2. The van der Waals surface area contributed by atoms with E-state index < -0.39 is 5.41 Å². The maximum Gasteiger partial charge on any atom is 0.245 e. The van der Waals surface area contributed by atoms with Crippen molar-refractivity contribution in [3.8, 4) is 11.9 Å². The number of nitrogens with two attached hydrogens (primary N) is 1. The highest BCUT2D eigenvalue weighted by molar-refractivity contribution is 6.31. The van der Waals surface area contributed by atoms with E-state index in [2.05, 4.69) is 21.6 Å². The van der Waals surface area contributed by atoms with E-state index in [1.807, 2.05) is 13.8 Å². The van der Waals surface area contributed by atoms with Crippen molar-refractivity contribution in [1.29, 1.82) is 5.26 Å². The molecule has 3 heterocycles. The van der Waals surface area contributed by atoms with E-state index in [-0.39, 0.29) is 29.2 Å². The lowest BCUT2D eigenvalue weighted by atomic mass is 9.68. The van der Waals surface area contributed by atoms with Gasteiger partial charge in [-0.3, -0.25) is 9.89 Å². The van der Waals surface area contributed by atoms with E-state index in [1.54, 1.807) is 18.2 Å². The summed E-state index contributed by atoms with van der Waals surface area (Å²) in [5.74, 6) is -0.299. The van der Waals surface area contributed by atoms with Crippen molar-refractivity contribution in [2.45, 2.75) is 25.2 Å². The molecule has 2 aliphatic rings. The van der Waals surface area contributed by atoms with E-state index in [4.69, 9.17) is 22.1 Å². The van der Waals surface area contributed by atoms with Gasteiger partial charge in [0, 0.05) is 22.0 Å². The fourth-order valence-electron chi connectivity index (χ4n) is 3.57. The Morgan fingerprint density at radius 1 is 1.44 bits per heavy atom. The Labute approximate surface area is 148 Å². The number of hydrogen-bond acceptors (Lipinski definition) is 5. The highest BCUT2D eigenvalue weighted by Gasteiger charge is 2.58. The van der Waals surface area contributed by atoms with Crippen LogP contribution >= 0.6 is 11.6 Å². The molecule has 0 saturated heterocycles. The third kappa shape index (κ3) is 1.80. The molecule has 7 nitrogen and oxygen atoms in total. The van der Waals surface area contributed by atoms with Crippen LogP contribution in [0.5, 0.6) is 5.88 Å². The SMILES string of the molecule is CC(C)c1[nH]nc2c1[C@@]1(C(=O)Nc3ccc(Cl)cc31)C(C#N)=C(N)O2.